The summed E-state index contributed by atoms with van der Waals surface area (Å²) in [6.07, 6.45) is 2.44. The predicted octanol–water partition coefficient (Wildman–Crippen LogP) is 2.72. The van der Waals surface area contributed by atoms with Gasteiger partial charge in [0.2, 0.25) is 0 Å². The van der Waals surface area contributed by atoms with E-state index in [4.69, 9.17) is 5.11 Å². The third-order valence-corrected chi connectivity index (χ3v) is 1.87. The largest absolute Gasteiger partial charge is 0.478 e. The summed E-state index contributed by atoms with van der Waals surface area (Å²) < 4.78 is 4.67. The predicted molar refractivity (Wildman–Crippen MR) is 67.6 cm³/mol. The van der Waals surface area contributed by atoms with Crippen molar-refractivity contribution in [1.82, 2.24) is 0 Å². The second-order valence-corrected chi connectivity index (χ2v) is 3.51. The number of ether oxygens (including phenoxy) is 1. The molecule has 4 nitrogen and oxygen atoms in total. The van der Waals surface area contributed by atoms with E-state index in [-0.39, 0.29) is 6.10 Å². The summed E-state index contributed by atoms with van der Waals surface area (Å²) in [6.45, 7) is 13.6. The van der Waals surface area contributed by atoms with Crippen molar-refractivity contribution >= 4 is 11.9 Å². The van der Waals surface area contributed by atoms with Crippen molar-refractivity contribution in [2.24, 2.45) is 0 Å². The van der Waals surface area contributed by atoms with Gasteiger partial charge in [-0.25, -0.2) is 9.59 Å². The van der Waals surface area contributed by atoms with E-state index >= 15 is 0 Å². The number of hydrogen-bond donors (Lipinski definition) is 1. The number of esters is 1. The standard InChI is InChI=1S/C7H10O2.C6H10O2/c1-4-6(3)9-7(8)5-2;1-4(2)5(3)6(7)8/h4-6H,1-2H2,3H3;1-3H3,(H,7,8). The minimum absolute atomic E-state index is 0.226. The van der Waals surface area contributed by atoms with Gasteiger partial charge in [-0.3, -0.25) is 0 Å². The topological polar surface area (TPSA) is 63.6 Å². The summed E-state index contributed by atoms with van der Waals surface area (Å²) in [5.41, 5.74) is 1.29. The Morgan fingerprint density at radius 2 is 1.71 bits per heavy atom. The molecule has 1 atom stereocenters. The van der Waals surface area contributed by atoms with Crippen molar-refractivity contribution in [3.05, 3.63) is 36.5 Å². The average molecular weight is 240 g/mol. The van der Waals surface area contributed by atoms with Gasteiger partial charge in [-0.15, -0.1) is 0 Å². The Kier molecular flexibility index (Phi) is 9.70. The lowest BCUT2D eigenvalue weighted by Gasteiger charge is -2.04. The van der Waals surface area contributed by atoms with Gasteiger partial charge in [0.1, 0.15) is 6.10 Å². The van der Waals surface area contributed by atoms with Crippen LogP contribution in [-0.4, -0.2) is 23.1 Å². The highest BCUT2D eigenvalue weighted by Gasteiger charge is 1.99. The molecular formula is C13H20O4. The zero-order valence-electron chi connectivity index (χ0n) is 10.8. The molecule has 0 rings (SSSR count). The molecule has 96 valence electrons. The van der Waals surface area contributed by atoms with E-state index in [1.54, 1.807) is 33.8 Å². The fraction of sp³-hybridized carbons (Fsp3) is 0.385. The molecule has 0 aromatic rings. The molecule has 0 radical (unpaired) electrons. The molecular weight excluding hydrogens is 220 g/mol. The number of allylic oxidation sites excluding steroid dienone is 1. The first-order chi connectivity index (χ1) is 7.76. The first-order valence-corrected chi connectivity index (χ1v) is 5.09. The molecule has 0 spiro atoms. The Morgan fingerprint density at radius 1 is 1.24 bits per heavy atom. The summed E-state index contributed by atoms with van der Waals surface area (Å²) in [6, 6.07) is 0. The SMILES string of the molecule is C=CC(=O)OC(C)C=C.CC(C)=C(C)C(=O)O. The van der Waals surface area contributed by atoms with Crippen LogP contribution < -0.4 is 0 Å². The number of carboxylic acids is 1. The van der Waals surface area contributed by atoms with E-state index in [2.05, 4.69) is 17.9 Å². The molecule has 0 aliphatic rings. The summed E-state index contributed by atoms with van der Waals surface area (Å²) in [7, 11) is 0. The fourth-order valence-electron chi connectivity index (χ4n) is 0.493. The van der Waals surface area contributed by atoms with Gasteiger partial charge < -0.3 is 9.84 Å². The maximum absolute atomic E-state index is 10.4. The monoisotopic (exact) mass is 240 g/mol. The third-order valence-electron chi connectivity index (χ3n) is 1.87. The molecule has 0 saturated carbocycles. The summed E-state index contributed by atoms with van der Waals surface area (Å²) in [4.78, 5) is 20.5. The van der Waals surface area contributed by atoms with Gasteiger partial charge in [0.05, 0.1) is 0 Å². The molecule has 0 aliphatic heterocycles. The van der Waals surface area contributed by atoms with Crippen LogP contribution in [0.2, 0.25) is 0 Å². The van der Waals surface area contributed by atoms with E-state index in [9.17, 15) is 9.59 Å². The summed E-state index contributed by atoms with van der Waals surface area (Å²) >= 11 is 0. The van der Waals surface area contributed by atoms with Crippen molar-refractivity contribution in [2.75, 3.05) is 0 Å². The number of carbonyl (C=O) groups excluding carboxylic acids is 1. The summed E-state index contributed by atoms with van der Waals surface area (Å²) in [5, 5.41) is 8.29. The molecule has 0 fully saturated rings. The first-order valence-electron chi connectivity index (χ1n) is 5.09. The minimum atomic E-state index is -0.829. The van der Waals surface area contributed by atoms with Gasteiger partial charge in [0.25, 0.3) is 0 Å². The number of hydrogen-bond acceptors (Lipinski definition) is 3. The van der Waals surface area contributed by atoms with Crippen molar-refractivity contribution < 1.29 is 19.4 Å². The number of rotatable bonds is 4. The van der Waals surface area contributed by atoms with E-state index in [1.807, 2.05) is 0 Å². The van der Waals surface area contributed by atoms with Crippen molar-refractivity contribution in [1.29, 1.82) is 0 Å². The Balaban J connectivity index is 0. The number of carbonyl (C=O) groups is 2. The van der Waals surface area contributed by atoms with Crippen LogP contribution in [0, 0.1) is 0 Å². The molecule has 1 unspecified atom stereocenters. The number of carboxylic acid groups (broad SMARTS) is 1. The second-order valence-electron chi connectivity index (χ2n) is 3.51. The summed E-state index contributed by atoms with van der Waals surface area (Å²) in [5.74, 6) is -1.24. The molecule has 0 amide bonds. The highest BCUT2D eigenvalue weighted by atomic mass is 16.5. The van der Waals surface area contributed by atoms with Gasteiger partial charge in [-0.1, -0.05) is 24.8 Å². The molecule has 0 aromatic heterocycles. The zero-order chi connectivity index (χ0) is 14.0. The highest BCUT2D eigenvalue weighted by molar-refractivity contribution is 5.86. The number of aliphatic carboxylic acids is 1. The maximum atomic E-state index is 10.4. The molecule has 0 aromatic carbocycles. The normalized spacial score (nSPS) is 10.1. The third kappa shape index (κ3) is 10.4. The van der Waals surface area contributed by atoms with Crippen molar-refractivity contribution in [3.8, 4) is 0 Å². The lowest BCUT2D eigenvalue weighted by molar-refractivity contribution is -0.140. The lowest BCUT2D eigenvalue weighted by Crippen LogP contribution is -2.08. The quantitative estimate of drug-likeness (QED) is 0.466. The fourth-order valence-corrected chi connectivity index (χ4v) is 0.493. The van der Waals surface area contributed by atoms with Crippen LogP contribution in [0.4, 0.5) is 0 Å². The van der Waals surface area contributed by atoms with E-state index in [0.717, 1.165) is 11.6 Å². The van der Waals surface area contributed by atoms with Gasteiger partial charge in [0.15, 0.2) is 0 Å². The van der Waals surface area contributed by atoms with E-state index < -0.39 is 11.9 Å². The van der Waals surface area contributed by atoms with Gasteiger partial charge >= 0.3 is 11.9 Å². The molecule has 0 bridgehead atoms. The molecule has 17 heavy (non-hydrogen) atoms. The van der Waals surface area contributed by atoms with Crippen LogP contribution in [-0.2, 0) is 14.3 Å². The van der Waals surface area contributed by atoms with Crippen LogP contribution >= 0.6 is 0 Å². The Morgan fingerprint density at radius 3 is 1.88 bits per heavy atom. The molecule has 1 N–H and O–H groups in total. The van der Waals surface area contributed by atoms with Crippen molar-refractivity contribution in [2.45, 2.75) is 33.8 Å². The smallest absolute Gasteiger partial charge is 0.331 e. The lowest BCUT2D eigenvalue weighted by atomic mass is 10.2. The van der Waals surface area contributed by atoms with E-state index in [0.29, 0.717) is 5.57 Å². The van der Waals surface area contributed by atoms with Gasteiger partial charge in [-0.2, -0.15) is 0 Å². The molecule has 0 aliphatic carbocycles. The maximum Gasteiger partial charge on any atom is 0.331 e. The minimum Gasteiger partial charge on any atom is -0.478 e. The average Bonchev–Trinajstić information content (AvgIpc) is 2.28. The first kappa shape index (κ1) is 17.6. The Bertz CT molecular complexity index is 322. The van der Waals surface area contributed by atoms with Gasteiger partial charge in [-0.05, 0) is 27.7 Å². The highest BCUT2D eigenvalue weighted by Crippen LogP contribution is 1.99. The van der Waals surface area contributed by atoms with Crippen LogP contribution in [0.1, 0.15) is 27.7 Å². The van der Waals surface area contributed by atoms with E-state index in [1.165, 1.54) is 0 Å². The van der Waals surface area contributed by atoms with Gasteiger partial charge in [0, 0.05) is 11.6 Å². The molecule has 0 heterocycles. The van der Waals surface area contributed by atoms with Crippen molar-refractivity contribution in [3.63, 3.8) is 0 Å². The van der Waals surface area contributed by atoms with Crippen LogP contribution in [0.5, 0.6) is 0 Å². The van der Waals surface area contributed by atoms with Crippen LogP contribution in [0.25, 0.3) is 0 Å². The second kappa shape index (κ2) is 9.39. The van der Waals surface area contributed by atoms with Crippen LogP contribution in [0.15, 0.2) is 36.5 Å². The molecule has 4 heteroatoms. The zero-order valence-corrected chi connectivity index (χ0v) is 10.8. The Labute approximate surface area is 102 Å². The molecule has 0 saturated heterocycles. The van der Waals surface area contributed by atoms with Crippen LogP contribution in [0.3, 0.4) is 0 Å². The Hall–Kier alpha value is -1.84.